The van der Waals surface area contributed by atoms with Crippen molar-refractivity contribution in [3.8, 4) is 5.75 Å². The highest BCUT2D eigenvalue weighted by Gasteiger charge is 2.47. The summed E-state index contributed by atoms with van der Waals surface area (Å²) in [5, 5.41) is 27.1. The second-order valence-corrected chi connectivity index (χ2v) is 9.15. The summed E-state index contributed by atoms with van der Waals surface area (Å²) in [6, 6.07) is 6.04. The fourth-order valence-corrected chi connectivity index (χ4v) is 4.64. The van der Waals surface area contributed by atoms with Crippen LogP contribution in [0.4, 0.5) is 4.79 Å². The number of unbranched alkanes of at least 4 members (excludes halogenated alkanes) is 5. The van der Waals surface area contributed by atoms with Crippen LogP contribution in [-0.4, -0.2) is 40.7 Å². The van der Waals surface area contributed by atoms with E-state index in [-0.39, 0.29) is 19.0 Å². The van der Waals surface area contributed by atoms with Crippen LogP contribution in [0.5, 0.6) is 5.75 Å². The maximum absolute atomic E-state index is 13.2. The first-order chi connectivity index (χ1) is 17.3. The Balaban J connectivity index is 1.90. The Bertz CT molecular complexity index is 1060. The average molecular weight is 501 g/mol. The van der Waals surface area contributed by atoms with Gasteiger partial charge in [-0.3, -0.25) is 20.2 Å². The van der Waals surface area contributed by atoms with Gasteiger partial charge in [-0.05, 0) is 24.1 Å². The number of aliphatic hydroxyl groups excluding tert-OH is 1. The third-order valence-corrected chi connectivity index (χ3v) is 6.70. The van der Waals surface area contributed by atoms with Gasteiger partial charge >= 0.3 is 6.03 Å². The lowest BCUT2D eigenvalue weighted by atomic mass is 9.83. The van der Waals surface area contributed by atoms with Crippen molar-refractivity contribution in [1.29, 1.82) is 0 Å². The molecule has 2 aromatic rings. The van der Waals surface area contributed by atoms with Gasteiger partial charge in [-0.2, -0.15) is 0 Å². The maximum atomic E-state index is 13.2. The van der Waals surface area contributed by atoms with E-state index in [1.165, 1.54) is 25.7 Å². The predicted octanol–water partition coefficient (Wildman–Crippen LogP) is 2.58. The van der Waals surface area contributed by atoms with E-state index in [1.807, 2.05) is 0 Å². The smallest absolute Gasteiger partial charge is 0.328 e. The molecule has 0 saturated carbocycles. The van der Waals surface area contributed by atoms with Gasteiger partial charge in [0.25, 0.3) is 5.82 Å². The number of amides is 4. The highest BCUT2D eigenvalue weighted by atomic mass is 16.5. The molecular formula is C26H36N4O6. The molecule has 1 saturated heterocycles. The van der Waals surface area contributed by atoms with Crippen LogP contribution < -0.4 is 20.1 Å². The van der Waals surface area contributed by atoms with Crippen molar-refractivity contribution in [3.05, 3.63) is 52.2 Å². The Morgan fingerprint density at radius 2 is 1.64 bits per heavy atom. The van der Waals surface area contributed by atoms with E-state index in [0.717, 1.165) is 12.8 Å². The summed E-state index contributed by atoms with van der Waals surface area (Å²) in [5.41, 5.74) is 1.55. The third-order valence-electron chi connectivity index (χ3n) is 6.70. The number of nitrogens with zero attached hydrogens (tertiary/aromatic N) is 2. The van der Waals surface area contributed by atoms with Gasteiger partial charge in [-0.1, -0.05) is 51.2 Å². The molecule has 0 aliphatic carbocycles. The normalized spacial score (nSPS) is 15.1. The van der Waals surface area contributed by atoms with Crippen molar-refractivity contribution in [1.82, 2.24) is 15.2 Å². The molecule has 1 atom stereocenters. The number of aliphatic hydroxyl groups is 1. The zero-order chi connectivity index (χ0) is 26.2. The fourth-order valence-electron chi connectivity index (χ4n) is 4.64. The topological polar surface area (TPSA) is 137 Å². The van der Waals surface area contributed by atoms with E-state index >= 15 is 0 Å². The molecule has 0 unspecified atom stereocenters. The lowest BCUT2D eigenvalue weighted by Crippen LogP contribution is -2.58. The van der Waals surface area contributed by atoms with Gasteiger partial charge in [0.1, 0.15) is 35.5 Å². The first-order valence-corrected chi connectivity index (χ1v) is 12.6. The Hall–Kier alpha value is -3.40. The monoisotopic (exact) mass is 500 g/mol. The number of rotatable bonds is 13. The van der Waals surface area contributed by atoms with Gasteiger partial charge in [0.05, 0.1) is 13.2 Å². The zero-order valence-electron chi connectivity index (χ0n) is 21.2. The van der Waals surface area contributed by atoms with E-state index in [1.54, 1.807) is 42.7 Å². The van der Waals surface area contributed by atoms with E-state index in [9.17, 15) is 24.7 Å². The fraction of sp³-hybridized carbons (Fsp3) is 0.538. The molecular weight excluding hydrogens is 464 g/mol. The summed E-state index contributed by atoms with van der Waals surface area (Å²) in [6.45, 7) is 6.03. The Morgan fingerprint density at radius 1 is 1.03 bits per heavy atom. The minimum Gasteiger partial charge on any atom is -0.711 e. The molecule has 10 heteroatoms. The summed E-state index contributed by atoms with van der Waals surface area (Å²) in [7, 11) is 0. The molecule has 4 amide bonds. The van der Waals surface area contributed by atoms with Gasteiger partial charge in [0, 0.05) is 13.8 Å². The van der Waals surface area contributed by atoms with E-state index in [4.69, 9.17) is 4.74 Å². The van der Waals surface area contributed by atoms with Crippen molar-refractivity contribution in [3.63, 3.8) is 0 Å². The first-order valence-electron chi connectivity index (χ1n) is 12.6. The van der Waals surface area contributed by atoms with Crippen molar-refractivity contribution in [2.75, 3.05) is 13.2 Å². The van der Waals surface area contributed by atoms with Crippen molar-refractivity contribution >= 4 is 17.8 Å². The molecule has 1 aliphatic rings. The Kier molecular flexibility index (Phi) is 9.46. The predicted molar refractivity (Wildman–Crippen MR) is 132 cm³/mol. The molecule has 0 bridgehead atoms. The molecule has 2 heterocycles. The van der Waals surface area contributed by atoms with Crippen LogP contribution in [0, 0.1) is 25.0 Å². The summed E-state index contributed by atoms with van der Waals surface area (Å²) < 4.78 is 8.16. The standard InChI is InChI=1S/C26H36N4O6/c1-4-5-6-7-8-9-16-36-20-12-10-19(11-13-20)21(22-23(32)27-26(34)28-24(22)33)25-29(14-15-31)17(2)18(3)30(25)35/h10-13,21-22,31H,4-9,14-16H2,1-3H3,(H2,27,28,32,33,34)/t21-/m1/s1. The number of hydrogen-bond acceptors (Lipinski definition) is 6. The number of hydrogen-bond donors (Lipinski definition) is 3. The number of aromatic nitrogens is 2. The third kappa shape index (κ3) is 6.04. The highest BCUT2D eigenvalue weighted by Crippen LogP contribution is 2.34. The molecule has 36 heavy (non-hydrogen) atoms. The van der Waals surface area contributed by atoms with Crippen molar-refractivity contribution in [2.45, 2.75) is 71.8 Å². The largest absolute Gasteiger partial charge is 0.711 e. The number of carbonyl (C=O) groups excluding carboxylic acids is 3. The zero-order valence-corrected chi connectivity index (χ0v) is 21.2. The summed E-state index contributed by atoms with van der Waals surface area (Å²) in [4.78, 5) is 37.3. The quantitative estimate of drug-likeness (QED) is 0.167. The second kappa shape index (κ2) is 12.5. The Labute approximate surface area is 211 Å². The van der Waals surface area contributed by atoms with E-state index in [2.05, 4.69) is 17.6 Å². The first kappa shape index (κ1) is 27.2. The average Bonchev–Trinajstić information content (AvgIpc) is 3.05. The molecule has 1 fully saturated rings. The summed E-state index contributed by atoms with van der Waals surface area (Å²) in [6.07, 6.45) is 6.94. The molecule has 3 N–H and O–H groups in total. The number of benzene rings is 1. The molecule has 1 aromatic carbocycles. The number of nitrogens with one attached hydrogen (secondary N) is 2. The van der Waals surface area contributed by atoms with E-state index in [0.29, 0.717) is 34.0 Å². The number of carbonyl (C=O) groups is 3. The van der Waals surface area contributed by atoms with Crippen LogP contribution in [-0.2, 0) is 16.1 Å². The van der Waals surface area contributed by atoms with Crippen LogP contribution in [0.15, 0.2) is 24.3 Å². The molecule has 1 aliphatic heterocycles. The molecule has 196 valence electrons. The number of imidazole rings is 1. The number of imide groups is 2. The highest BCUT2D eigenvalue weighted by molar-refractivity contribution is 6.16. The number of urea groups is 1. The maximum Gasteiger partial charge on any atom is 0.328 e. The molecule has 10 nitrogen and oxygen atoms in total. The molecule has 3 rings (SSSR count). The number of ether oxygens (including phenoxy) is 1. The van der Waals surface area contributed by atoms with Gasteiger partial charge in [0.15, 0.2) is 0 Å². The molecule has 0 radical (unpaired) electrons. The van der Waals surface area contributed by atoms with Crippen LogP contribution in [0.25, 0.3) is 0 Å². The minimum atomic E-state index is -1.36. The van der Waals surface area contributed by atoms with Crippen LogP contribution >= 0.6 is 0 Å². The van der Waals surface area contributed by atoms with Crippen LogP contribution in [0.1, 0.15) is 74.1 Å². The van der Waals surface area contributed by atoms with Crippen molar-refractivity contribution in [2.24, 2.45) is 5.92 Å². The lowest BCUT2D eigenvalue weighted by molar-refractivity contribution is -0.621. The van der Waals surface area contributed by atoms with Crippen molar-refractivity contribution < 1.29 is 29.0 Å². The number of barbiturate groups is 1. The van der Waals surface area contributed by atoms with Gasteiger partial charge in [0.2, 0.25) is 11.8 Å². The van der Waals surface area contributed by atoms with Crippen LogP contribution in [0.3, 0.4) is 0 Å². The summed E-state index contributed by atoms with van der Waals surface area (Å²) >= 11 is 0. The molecule has 0 spiro atoms. The van der Waals surface area contributed by atoms with Gasteiger partial charge in [-0.15, -0.1) is 0 Å². The SMILES string of the molecule is CCCCCCCCOc1ccc([C@@H](c2n(CCO)c(C)c(C)[n+]2[O-])C2C(=O)NC(=O)NC2=O)cc1. The Morgan fingerprint density at radius 3 is 2.25 bits per heavy atom. The van der Waals surface area contributed by atoms with E-state index < -0.39 is 29.7 Å². The second-order valence-electron chi connectivity index (χ2n) is 9.15. The van der Waals surface area contributed by atoms with Crippen LogP contribution in [0.2, 0.25) is 0 Å². The molecule has 1 aromatic heterocycles. The minimum absolute atomic E-state index is 0.113. The van der Waals surface area contributed by atoms with Gasteiger partial charge in [-0.25, -0.2) is 14.1 Å². The summed E-state index contributed by atoms with van der Waals surface area (Å²) in [5.74, 6) is -3.14. The van der Waals surface area contributed by atoms with Gasteiger partial charge < -0.3 is 15.1 Å². The lowest BCUT2D eigenvalue weighted by Gasteiger charge is -2.27.